The fourth-order valence-corrected chi connectivity index (χ4v) is 4.81. The maximum atomic E-state index is 11.5. The molecule has 2 saturated carbocycles. The Labute approximate surface area is 127 Å². The van der Waals surface area contributed by atoms with Crippen LogP contribution in [0.1, 0.15) is 12.0 Å². The first kappa shape index (κ1) is 14.4. The summed E-state index contributed by atoms with van der Waals surface area (Å²) in [6, 6.07) is 8.18. The highest BCUT2D eigenvalue weighted by molar-refractivity contribution is 7.99. The van der Waals surface area contributed by atoms with Gasteiger partial charge in [-0.25, -0.2) is 0 Å². The lowest BCUT2D eigenvalue weighted by Crippen LogP contribution is -2.26. The number of carboxylic acids is 2. The normalized spacial score (nSPS) is 33.5. The Bertz CT molecular complexity index is 568. The van der Waals surface area contributed by atoms with E-state index >= 15 is 0 Å². The van der Waals surface area contributed by atoms with Gasteiger partial charge >= 0.3 is 11.9 Å². The molecule has 4 unspecified atom stereocenters. The Morgan fingerprint density at radius 1 is 1.14 bits per heavy atom. The van der Waals surface area contributed by atoms with Gasteiger partial charge in [-0.05, 0) is 43.2 Å². The van der Waals surface area contributed by atoms with Crippen molar-refractivity contribution in [2.45, 2.75) is 18.2 Å². The largest absolute Gasteiger partial charge is 0.481 e. The minimum Gasteiger partial charge on any atom is -0.481 e. The van der Waals surface area contributed by atoms with E-state index in [1.54, 1.807) is 11.8 Å². The van der Waals surface area contributed by atoms with Crippen LogP contribution in [0.15, 0.2) is 29.2 Å². The zero-order chi connectivity index (χ0) is 15.1. The van der Waals surface area contributed by atoms with E-state index in [2.05, 4.69) is 0 Å². The van der Waals surface area contributed by atoms with Crippen LogP contribution in [0.25, 0.3) is 0 Å². The molecule has 2 fully saturated rings. The highest BCUT2D eigenvalue weighted by Crippen LogP contribution is 2.63. The van der Waals surface area contributed by atoms with E-state index in [1.165, 1.54) is 5.56 Å². The Morgan fingerprint density at radius 2 is 1.76 bits per heavy atom. The highest BCUT2D eigenvalue weighted by Gasteiger charge is 2.66. The molecule has 5 atom stereocenters. The molecule has 2 aliphatic carbocycles. The fraction of sp³-hybridized carbons (Fsp3) is 0.500. The first-order chi connectivity index (χ1) is 9.99. The van der Waals surface area contributed by atoms with Gasteiger partial charge in [0.1, 0.15) is 0 Å². The van der Waals surface area contributed by atoms with Crippen LogP contribution >= 0.6 is 11.8 Å². The van der Waals surface area contributed by atoms with E-state index in [-0.39, 0.29) is 17.8 Å². The molecule has 1 aromatic carbocycles. The van der Waals surface area contributed by atoms with Crippen molar-refractivity contribution < 1.29 is 19.8 Å². The Kier molecular flexibility index (Phi) is 3.69. The average molecular weight is 306 g/mol. The van der Waals surface area contributed by atoms with Gasteiger partial charge in [0.05, 0.1) is 11.8 Å². The van der Waals surface area contributed by atoms with E-state index in [0.29, 0.717) is 0 Å². The number of hydrogen-bond acceptors (Lipinski definition) is 3. The average Bonchev–Trinajstić information content (AvgIpc) is 3.00. The van der Waals surface area contributed by atoms with Crippen LogP contribution in [-0.2, 0) is 9.59 Å². The summed E-state index contributed by atoms with van der Waals surface area (Å²) in [7, 11) is 0. The van der Waals surface area contributed by atoms with Gasteiger partial charge in [-0.15, -0.1) is 11.8 Å². The van der Waals surface area contributed by atoms with E-state index < -0.39 is 23.8 Å². The molecule has 0 heterocycles. The molecule has 0 aliphatic heterocycles. The standard InChI is InChI=1S/C16H18O4S/c1-8-2-4-10(5-3-8)21-7-9-6-11-13(12(9)15(17)18)14(11)16(19)20/h2-5,9,11-14H,6-7H2,1H3,(H,17,18)(H,19,20)/t9?,11-,12?,13?,14?/m1/s1. The molecular formula is C16H18O4S. The second-order valence-electron chi connectivity index (χ2n) is 6.09. The van der Waals surface area contributed by atoms with Crippen molar-refractivity contribution in [2.24, 2.45) is 29.6 Å². The molecular weight excluding hydrogens is 288 g/mol. The molecule has 0 amide bonds. The molecule has 0 radical (unpaired) electrons. The van der Waals surface area contributed by atoms with Crippen molar-refractivity contribution in [1.29, 1.82) is 0 Å². The minimum atomic E-state index is -0.833. The Balaban J connectivity index is 1.63. The predicted octanol–water partition coefficient (Wildman–Crippen LogP) is 2.75. The molecule has 0 bridgehead atoms. The molecule has 1 aromatic rings. The summed E-state index contributed by atoms with van der Waals surface area (Å²) in [6.45, 7) is 2.03. The van der Waals surface area contributed by atoms with Gasteiger partial charge in [-0.3, -0.25) is 9.59 Å². The van der Waals surface area contributed by atoms with E-state index in [9.17, 15) is 14.7 Å². The van der Waals surface area contributed by atoms with Gasteiger partial charge in [-0.2, -0.15) is 0 Å². The number of fused-ring (bicyclic) bond motifs is 1. The molecule has 21 heavy (non-hydrogen) atoms. The molecule has 5 heteroatoms. The van der Waals surface area contributed by atoms with Crippen molar-refractivity contribution in [1.82, 2.24) is 0 Å². The van der Waals surface area contributed by atoms with E-state index in [4.69, 9.17) is 5.11 Å². The molecule has 3 rings (SSSR count). The third kappa shape index (κ3) is 2.67. The number of thioether (sulfide) groups is 1. The molecule has 2 aliphatic rings. The number of hydrogen-bond donors (Lipinski definition) is 2. The third-order valence-corrected chi connectivity index (χ3v) is 5.98. The number of carboxylic acid groups (broad SMARTS) is 2. The van der Waals surface area contributed by atoms with Crippen LogP contribution in [0, 0.1) is 36.5 Å². The fourth-order valence-electron chi connectivity index (χ4n) is 3.73. The second-order valence-corrected chi connectivity index (χ2v) is 7.18. The highest BCUT2D eigenvalue weighted by atomic mass is 32.2. The zero-order valence-corrected chi connectivity index (χ0v) is 12.5. The Morgan fingerprint density at radius 3 is 2.33 bits per heavy atom. The van der Waals surface area contributed by atoms with Crippen LogP contribution < -0.4 is 0 Å². The van der Waals surface area contributed by atoms with Gasteiger partial charge in [0.2, 0.25) is 0 Å². The molecule has 0 saturated heterocycles. The topological polar surface area (TPSA) is 74.6 Å². The second kappa shape index (κ2) is 5.37. The number of aliphatic carboxylic acids is 2. The van der Waals surface area contributed by atoms with Gasteiger partial charge in [-0.1, -0.05) is 17.7 Å². The summed E-state index contributed by atoms with van der Waals surface area (Å²) in [4.78, 5) is 23.7. The predicted molar refractivity (Wildman–Crippen MR) is 79.2 cm³/mol. The number of benzene rings is 1. The summed E-state index contributed by atoms with van der Waals surface area (Å²) in [5.41, 5.74) is 1.20. The van der Waals surface area contributed by atoms with Crippen molar-refractivity contribution in [3.05, 3.63) is 29.8 Å². The summed E-state index contributed by atoms with van der Waals surface area (Å²) < 4.78 is 0. The smallest absolute Gasteiger partial charge is 0.307 e. The van der Waals surface area contributed by atoms with E-state index in [0.717, 1.165) is 17.1 Å². The quantitative estimate of drug-likeness (QED) is 0.818. The maximum Gasteiger partial charge on any atom is 0.307 e. The van der Waals surface area contributed by atoms with Gasteiger partial charge < -0.3 is 10.2 Å². The monoisotopic (exact) mass is 306 g/mol. The molecule has 112 valence electrons. The van der Waals surface area contributed by atoms with Gasteiger partial charge in [0.15, 0.2) is 0 Å². The SMILES string of the molecule is Cc1ccc(SCC2C[C@H]3C(C(=O)O)C3C2C(=O)O)cc1. The summed E-state index contributed by atoms with van der Waals surface area (Å²) in [5, 5.41) is 18.5. The number of carbonyl (C=O) groups is 2. The molecule has 4 nitrogen and oxygen atoms in total. The summed E-state index contributed by atoms with van der Waals surface area (Å²) >= 11 is 1.67. The van der Waals surface area contributed by atoms with Crippen molar-refractivity contribution >= 4 is 23.7 Å². The van der Waals surface area contributed by atoms with Crippen LogP contribution in [0.4, 0.5) is 0 Å². The van der Waals surface area contributed by atoms with Crippen LogP contribution in [0.5, 0.6) is 0 Å². The minimum absolute atomic E-state index is 0.0761. The zero-order valence-electron chi connectivity index (χ0n) is 11.7. The summed E-state index contributed by atoms with van der Waals surface area (Å²) in [6.07, 6.45) is 0.734. The van der Waals surface area contributed by atoms with Crippen LogP contribution in [0.2, 0.25) is 0 Å². The van der Waals surface area contributed by atoms with E-state index in [1.807, 2.05) is 31.2 Å². The number of aryl methyl sites for hydroxylation is 1. The van der Waals surface area contributed by atoms with Gasteiger partial charge in [0, 0.05) is 10.6 Å². The van der Waals surface area contributed by atoms with Crippen LogP contribution in [0.3, 0.4) is 0 Å². The molecule has 0 spiro atoms. The van der Waals surface area contributed by atoms with Gasteiger partial charge in [0.25, 0.3) is 0 Å². The summed E-state index contributed by atoms with van der Waals surface area (Å²) in [5.74, 6) is -1.82. The maximum absolute atomic E-state index is 11.5. The molecule has 2 N–H and O–H groups in total. The lowest BCUT2D eigenvalue weighted by atomic mass is 9.90. The lowest BCUT2D eigenvalue weighted by Gasteiger charge is -2.19. The van der Waals surface area contributed by atoms with Crippen molar-refractivity contribution in [3.63, 3.8) is 0 Å². The van der Waals surface area contributed by atoms with Crippen LogP contribution in [-0.4, -0.2) is 27.9 Å². The molecule has 0 aromatic heterocycles. The third-order valence-electron chi connectivity index (χ3n) is 4.78. The van der Waals surface area contributed by atoms with Crippen molar-refractivity contribution in [3.8, 4) is 0 Å². The lowest BCUT2D eigenvalue weighted by molar-refractivity contribution is -0.145. The first-order valence-corrected chi connectivity index (χ1v) is 8.12. The first-order valence-electron chi connectivity index (χ1n) is 7.14. The van der Waals surface area contributed by atoms with Crippen molar-refractivity contribution in [2.75, 3.05) is 5.75 Å². The number of rotatable bonds is 5. The Hall–Kier alpha value is -1.49.